The number of likely N-dealkylation sites (tertiary alicyclic amines) is 1. The molecule has 1 aromatic carbocycles. The number of carbonyl (C=O) groups is 2. The van der Waals surface area contributed by atoms with Crippen LogP contribution in [-0.2, 0) is 9.59 Å². The molecule has 2 aliphatic heterocycles. The summed E-state index contributed by atoms with van der Waals surface area (Å²) in [5.74, 6) is 0.684. The van der Waals surface area contributed by atoms with Crippen LogP contribution in [0, 0.1) is 0 Å². The number of halogens is 2. The molecule has 160 valence electrons. The molecule has 0 aromatic heterocycles. The highest BCUT2D eigenvalue weighted by Gasteiger charge is 2.25. The van der Waals surface area contributed by atoms with E-state index in [-0.39, 0.29) is 35.8 Å². The Kier molecular flexibility index (Phi) is 9.48. The molecular formula is C20H29ClIN5O2. The Morgan fingerprint density at radius 1 is 1.14 bits per heavy atom. The van der Waals surface area contributed by atoms with Crippen LogP contribution >= 0.6 is 35.6 Å². The second-order valence-corrected chi connectivity index (χ2v) is 7.42. The Morgan fingerprint density at radius 3 is 2.45 bits per heavy atom. The number of nitrogens with zero attached hydrogens (tertiary/aromatic N) is 4. The van der Waals surface area contributed by atoms with Gasteiger partial charge in [0, 0.05) is 62.8 Å². The van der Waals surface area contributed by atoms with Gasteiger partial charge in [0.2, 0.25) is 11.8 Å². The van der Waals surface area contributed by atoms with E-state index in [0.29, 0.717) is 32.4 Å². The largest absolute Gasteiger partial charge is 0.368 e. The van der Waals surface area contributed by atoms with Gasteiger partial charge in [0.15, 0.2) is 5.96 Å². The summed E-state index contributed by atoms with van der Waals surface area (Å²) in [7, 11) is 0. The zero-order valence-electron chi connectivity index (χ0n) is 16.8. The minimum atomic E-state index is -0.0772. The first-order chi connectivity index (χ1) is 13.6. The van der Waals surface area contributed by atoms with Gasteiger partial charge in [0.05, 0.1) is 6.54 Å². The third kappa shape index (κ3) is 6.47. The van der Waals surface area contributed by atoms with Crippen molar-refractivity contribution in [1.82, 2.24) is 15.1 Å². The first kappa shape index (κ1) is 23.7. The first-order valence-electron chi connectivity index (χ1n) is 9.95. The fourth-order valence-corrected chi connectivity index (χ4v) is 3.76. The van der Waals surface area contributed by atoms with E-state index in [1.54, 1.807) is 0 Å². The van der Waals surface area contributed by atoms with Crippen molar-refractivity contribution in [3.8, 4) is 0 Å². The zero-order chi connectivity index (χ0) is 19.9. The van der Waals surface area contributed by atoms with E-state index in [1.165, 1.54) is 4.90 Å². The van der Waals surface area contributed by atoms with Crippen LogP contribution in [-0.4, -0.2) is 73.4 Å². The second-order valence-electron chi connectivity index (χ2n) is 6.98. The maximum Gasteiger partial charge on any atom is 0.229 e. The zero-order valence-corrected chi connectivity index (χ0v) is 19.9. The van der Waals surface area contributed by atoms with E-state index in [9.17, 15) is 9.59 Å². The van der Waals surface area contributed by atoms with Crippen LogP contribution in [0.2, 0.25) is 5.02 Å². The molecule has 2 heterocycles. The Balaban J connectivity index is 0.00000300. The number of aliphatic imine (C=N–C) groups is 1. The van der Waals surface area contributed by atoms with Crippen molar-refractivity contribution in [2.75, 3.05) is 50.7 Å². The minimum absolute atomic E-state index is 0. The Bertz CT molecular complexity index is 721. The summed E-state index contributed by atoms with van der Waals surface area (Å²) in [5.41, 5.74) is 1.14. The molecule has 2 saturated heterocycles. The van der Waals surface area contributed by atoms with Crippen LogP contribution in [0.5, 0.6) is 0 Å². The molecule has 3 rings (SSSR count). The fourth-order valence-electron chi connectivity index (χ4n) is 3.58. The summed E-state index contributed by atoms with van der Waals surface area (Å²) in [5, 5.41) is 4.07. The van der Waals surface area contributed by atoms with E-state index in [1.807, 2.05) is 25.1 Å². The molecule has 0 unspecified atom stereocenters. The molecule has 7 nitrogen and oxygen atoms in total. The number of piperazine rings is 1. The average molecular weight is 534 g/mol. The number of amides is 2. The third-order valence-corrected chi connectivity index (χ3v) is 5.29. The molecule has 29 heavy (non-hydrogen) atoms. The van der Waals surface area contributed by atoms with Crippen molar-refractivity contribution in [3.63, 3.8) is 0 Å². The van der Waals surface area contributed by atoms with E-state index in [0.717, 1.165) is 49.4 Å². The van der Waals surface area contributed by atoms with Crippen LogP contribution in [0.15, 0.2) is 29.3 Å². The lowest BCUT2D eigenvalue weighted by atomic mass is 10.1. The smallest absolute Gasteiger partial charge is 0.229 e. The molecule has 0 spiro atoms. The van der Waals surface area contributed by atoms with Gasteiger partial charge < -0.3 is 15.1 Å². The molecule has 1 N–H and O–H groups in total. The van der Waals surface area contributed by atoms with E-state index in [2.05, 4.69) is 26.2 Å². The number of piperidine rings is 1. The first-order valence-corrected chi connectivity index (χ1v) is 10.3. The fraction of sp³-hybridized carbons (Fsp3) is 0.550. The highest BCUT2D eigenvalue weighted by molar-refractivity contribution is 14.0. The highest BCUT2D eigenvalue weighted by Crippen LogP contribution is 2.20. The number of carbonyl (C=O) groups excluding carboxylic acids is 2. The van der Waals surface area contributed by atoms with Gasteiger partial charge in [-0.2, -0.15) is 0 Å². The van der Waals surface area contributed by atoms with Gasteiger partial charge in [-0.1, -0.05) is 17.7 Å². The van der Waals surface area contributed by atoms with Crippen LogP contribution in [0.4, 0.5) is 5.69 Å². The molecule has 0 radical (unpaired) electrons. The number of guanidine groups is 1. The van der Waals surface area contributed by atoms with Gasteiger partial charge >= 0.3 is 0 Å². The van der Waals surface area contributed by atoms with Crippen molar-refractivity contribution >= 4 is 59.0 Å². The quantitative estimate of drug-likeness (QED) is 0.273. The van der Waals surface area contributed by atoms with Crippen molar-refractivity contribution in [2.45, 2.75) is 26.2 Å². The van der Waals surface area contributed by atoms with Crippen molar-refractivity contribution in [3.05, 3.63) is 29.3 Å². The Hall–Kier alpha value is -1.55. The van der Waals surface area contributed by atoms with Crippen LogP contribution in [0.3, 0.4) is 0 Å². The number of hydrogen-bond donors (Lipinski definition) is 1. The van der Waals surface area contributed by atoms with Crippen molar-refractivity contribution in [1.29, 1.82) is 0 Å². The van der Waals surface area contributed by atoms with Gasteiger partial charge in [-0.25, -0.2) is 0 Å². The monoisotopic (exact) mass is 533 g/mol. The SMILES string of the molecule is CCNC(=NCCN1C(=O)CCCC1=O)N1CCN(c2cccc(Cl)c2)CC1.I. The number of imide groups is 1. The number of nitrogens with one attached hydrogen (secondary N) is 1. The standard InChI is InChI=1S/C20H28ClN5O2.HI/c1-2-22-20(23-9-10-26-18(27)7-4-8-19(26)28)25-13-11-24(12-14-25)17-6-3-5-16(21)15-17;/h3,5-6,15H,2,4,7-14H2,1H3,(H,22,23);1H. The van der Waals surface area contributed by atoms with Gasteiger partial charge in [0.25, 0.3) is 0 Å². The molecule has 0 saturated carbocycles. The molecule has 2 fully saturated rings. The van der Waals surface area contributed by atoms with E-state index >= 15 is 0 Å². The molecule has 2 amide bonds. The third-order valence-electron chi connectivity index (χ3n) is 5.06. The lowest BCUT2D eigenvalue weighted by molar-refractivity contribution is -0.147. The van der Waals surface area contributed by atoms with Crippen molar-refractivity contribution in [2.24, 2.45) is 4.99 Å². The summed E-state index contributed by atoms with van der Waals surface area (Å²) < 4.78 is 0. The average Bonchev–Trinajstić information content (AvgIpc) is 2.69. The van der Waals surface area contributed by atoms with Crippen LogP contribution in [0.1, 0.15) is 26.2 Å². The molecule has 0 atom stereocenters. The minimum Gasteiger partial charge on any atom is -0.368 e. The summed E-state index contributed by atoms with van der Waals surface area (Å²) >= 11 is 6.11. The van der Waals surface area contributed by atoms with Crippen molar-refractivity contribution < 1.29 is 9.59 Å². The Labute approximate surface area is 194 Å². The van der Waals surface area contributed by atoms with Gasteiger partial charge in [-0.15, -0.1) is 24.0 Å². The number of hydrogen-bond acceptors (Lipinski definition) is 4. The van der Waals surface area contributed by atoms with Crippen LogP contribution in [0.25, 0.3) is 0 Å². The number of rotatable bonds is 5. The topological polar surface area (TPSA) is 68.2 Å². The van der Waals surface area contributed by atoms with Gasteiger partial charge in [-0.05, 0) is 31.5 Å². The van der Waals surface area contributed by atoms with Crippen LogP contribution < -0.4 is 10.2 Å². The molecule has 9 heteroatoms. The Morgan fingerprint density at radius 2 is 1.83 bits per heavy atom. The maximum absolute atomic E-state index is 11.9. The lowest BCUT2D eigenvalue weighted by Crippen LogP contribution is -2.52. The summed E-state index contributed by atoms with van der Waals surface area (Å²) in [6, 6.07) is 7.92. The molecular weight excluding hydrogens is 505 g/mol. The van der Waals surface area contributed by atoms with E-state index in [4.69, 9.17) is 11.6 Å². The maximum atomic E-state index is 11.9. The van der Waals surface area contributed by atoms with E-state index < -0.39 is 0 Å². The molecule has 0 aliphatic carbocycles. The number of anilines is 1. The predicted octanol–water partition coefficient (Wildman–Crippen LogP) is 2.58. The summed E-state index contributed by atoms with van der Waals surface area (Å²) in [4.78, 5) is 34.4. The summed E-state index contributed by atoms with van der Waals surface area (Å²) in [6.45, 7) is 7.05. The molecule has 1 aromatic rings. The molecule has 0 bridgehead atoms. The molecule has 2 aliphatic rings. The van der Waals surface area contributed by atoms with Gasteiger partial charge in [0.1, 0.15) is 0 Å². The normalized spacial score (nSPS) is 18.0. The summed E-state index contributed by atoms with van der Waals surface area (Å²) in [6.07, 6.45) is 1.58. The lowest BCUT2D eigenvalue weighted by Gasteiger charge is -2.37. The predicted molar refractivity (Wildman–Crippen MR) is 127 cm³/mol. The highest BCUT2D eigenvalue weighted by atomic mass is 127. The number of benzene rings is 1. The van der Waals surface area contributed by atoms with Gasteiger partial charge in [-0.3, -0.25) is 19.5 Å². The second kappa shape index (κ2) is 11.6.